The van der Waals surface area contributed by atoms with Gasteiger partial charge in [0.25, 0.3) is 0 Å². The fourth-order valence-corrected chi connectivity index (χ4v) is 4.35. The first-order valence-corrected chi connectivity index (χ1v) is 9.93. The molecule has 2 N–H and O–H groups in total. The Bertz CT molecular complexity index is 438. The van der Waals surface area contributed by atoms with Crippen molar-refractivity contribution in [2.24, 2.45) is 5.92 Å². The zero-order valence-electron chi connectivity index (χ0n) is 15.9. The van der Waals surface area contributed by atoms with Crippen molar-refractivity contribution in [3.63, 3.8) is 0 Å². The molecule has 1 saturated heterocycles. The van der Waals surface area contributed by atoms with Crippen LogP contribution in [0, 0.1) is 5.92 Å². The van der Waals surface area contributed by atoms with Crippen molar-refractivity contribution in [3.05, 3.63) is 0 Å². The van der Waals surface area contributed by atoms with E-state index >= 15 is 0 Å². The van der Waals surface area contributed by atoms with Gasteiger partial charge in [-0.2, -0.15) is 0 Å². The van der Waals surface area contributed by atoms with Crippen molar-refractivity contribution < 1.29 is 14.7 Å². The number of likely N-dealkylation sites (N-methyl/N-ethyl adjacent to an activating group) is 1. The number of nitrogens with one attached hydrogen (secondary N) is 1. The molecule has 0 aromatic rings. The molecule has 0 spiro atoms. The van der Waals surface area contributed by atoms with E-state index < -0.39 is 5.97 Å². The van der Waals surface area contributed by atoms with Crippen LogP contribution in [0.4, 0.5) is 4.79 Å². The fourth-order valence-electron chi connectivity index (χ4n) is 4.35. The van der Waals surface area contributed by atoms with Crippen LogP contribution in [0.1, 0.15) is 64.7 Å². The number of carboxylic acids is 1. The number of hydrogen-bond acceptors (Lipinski definition) is 3. The monoisotopic (exact) mass is 353 g/mol. The molecule has 6 nitrogen and oxygen atoms in total. The molecule has 2 fully saturated rings. The third-order valence-corrected chi connectivity index (χ3v) is 5.77. The van der Waals surface area contributed by atoms with Gasteiger partial charge in [0.15, 0.2) is 0 Å². The zero-order valence-corrected chi connectivity index (χ0v) is 15.9. The van der Waals surface area contributed by atoms with Gasteiger partial charge in [-0.25, -0.2) is 4.79 Å². The molecule has 1 unspecified atom stereocenters. The summed E-state index contributed by atoms with van der Waals surface area (Å²) in [6.07, 6.45) is 10.5. The maximum absolute atomic E-state index is 12.6. The molecule has 0 aromatic carbocycles. The molecule has 2 aliphatic rings. The number of nitrogens with zero attached hydrogens (tertiary/aromatic N) is 2. The van der Waals surface area contributed by atoms with Crippen LogP contribution in [0.25, 0.3) is 0 Å². The summed E-state index contributed by atoms with van der Waals surface area (Å²) in [6, 6.07) is 0.516. The van der Waals surface area contributed by atoms with Crippen molar-refractivity contribution >= 4 is 12.0 Å². The van der Waals surface area contributed by atoms with Crippen LogP contribution in [0.5, 0.6) is 0 Å². The van der Waals surface area contributed by atoms with E-state index in [-0.39, 0.29) is 24.7 Å². The zero-order chi connectivity index (χ0) is 18.2. The van der Waals surface area contributed by atoms with Gasteiger partial charge < -0.3 is 15.3 Å². The van der Waals surface area contributed by atoms with Crippen molar-refractivity contribution in [1.29, 1.82) is 0 Å². The minimum atomic E-state index is -0.794. The summed E-state index contributed by atoms with van der Waals surface area (Å²) in [7, 11) is 1.86. The molecular weight excluding hydrogens is 318 g/mol. The molecule has 1 heterocycles. The number of likely N-dealkylation sites (tertiary alicyclic amines) is 1. The van der Waals surface area contributed by atoms with Gasteiger partial charge >= 0.3 is 12.0 Å². The van der Waals surface area contributed by atoms with Crippen molar-refractivity contribution in [2.75, 3.05) is 26.7 Å². The molecule has 0 radical (unpaired) electrons. The van der Waals surface area contributed by atoms with Crippen LogP contribution in [0.15, 0.2) is 0 Å². The number of amides is 2. The van der Waals surface area contributed by atoms with Crippen molar-refractivity contribution in [1.82, 2.24) is 15.1 Å². The Morgan fingerprint density at radius 1 is 1.12 bits per heavy atom. The largest absolute Gasteiger partial charge is 0.480 e. The second kappa shape index (κ2) is 10.00. The minimum Gasteiger partial charge on any atom is -0.480 e. The molecular formula is C19H35N3O3. The molecule has 0 bridgehead atoms. The van der Waals surface area contributed by atoms with Crippen molar-refractivity contribution in [3.8, 4) is 0 Å². The summed E-state index contributed by atoms with van der Waals surface area (Å²) in [5.41, 5.74) is 0. The Labute approximate surface area is 151 Å². The first-order valence-electron chi connectivity index (χ1n) is 9.93. The van der Waals surface area contributed by atoms with Crippen LogP contribution in [0.2, 0.25) is 0 Å². The lowest BCUT2D eigenvalue weighted by Gasteiger charge is -2.28. The SMILES string of the molecule is C[C@@H](CC1CCCCC1)NC(=O)N1CCCC(N(C)CC(=O)O)CC1. The third-order valence-electron chi connectivity index (χ3n) is 5.77. The lowest BCUT2D eigenvalue weighted by molar-refractivity contribution is -0.138. The lowest BCUT2D eigenvalue weighted by Crippen LogP contribution is -2.45. The van der Waals surface area contributed by atoms with Gasteiger partial charge in [0.1, 0.15) is 0 Å². The van der Waals surface area contributed by atoms with E-state index in [2.05, 4.69) is 12.2 Å². The van der Waals surface area contributed by atoms with E-state index in [1.54, 1.807) is 0 Å². The van der Waals surface area contributed by atoms with Crippen LogP contribution < -0.4 is 5.32 Å². The molecule has 25 heavy (non-hydrogen) atoms. The van der Waals surface area contributed by atoms with E-state index in [4.69, 9.17) is 5.11 Å². The standard InChI is InChI=1S/C19H35N3O3/c1-15(13-16-7-4-3-5-8-16)20-19(25)22-11-6-9-17(10-12-22)21(2)14-18(23)24/h15-17H,3-14H2,1-2H3,(H,20,25)(H,23,24)/t15-,17?/m0/s1. The topological polar surface area (TPSA) is 72.9 Å². The van der Waals surface area contributed by atoms with E-state index in [1.807, 2.05) is 16.8 Å². The van der Waals surface area contributed by atoms with E-state index in [0.29, 0.717) is 6.54 Å². The maximum Gasteiger partial charge on any atom is 0.317 e. The normalized spacial score (nSPS) is 24.0. The highest BCUT2D eigenvalue weighted by molar-refractivity contribution is 5.74. The van der Waals surface area contributed by atoms with Gasteiger partial charge in [-0.3, -0.25) is 9.69 Å². The number of urea groups is 1. The highest BCUT2D eigenvalue weighted by Crippen LogP contribution is 2.27. The summed E-state index contributed by atoms with van der Waals surface area (Å²) in [4.78, 5) is 27.3. The number of carbonyl (C=O) groups is 2. The summed E-state index contributed by atoms with van der Waals surface area (Å²) in [5, 5.41) is 12.1. The molecule has 0 aromatic heterocycles. The first kappa shape index (κ1) is 20.0. The molecule has 2 amide bonds. The molecule has 2 atom stereocenters. The van der Waals surface area contributed by atoms with Gasteiger partial charge in [0.2, 0.25) is 0 Å². The fraction of sp³-hybridized carbons (Fsp3) is 0.895. The second-order valence-electron chi connectivity index (χ2n) is 7.97. The predicted molar refractivity (Wildman–Crippen MR) is 98.7 cm³/mol. The number of carboxylic acid groups (broad SMARTS) is 1. The Kier molecular flexibility index (Phi) is 8.00. The van der Waals surface area contributed by atoms with E-state index in [9.17, 15) is 9.59 Å². The number of aliphatic carboxylic acids is 1. The summed E-state index contributed by atoms with van der Waals surface area (Å²) in [5.74, 6) is -0.0277. The highest BCUT2D eigenvalue weighted by Gasteiger charge is 2.25. The molecule has 1 aliphatic carbocycles. The summed E-state index contributed by atoms with van der Waals surface area (Å²) >= 11 is 0. The van der Waals surface area contributed by atoms with Crippen LogP contribution in [-0.2, 0) is 4.79 Å². The van der Waals surface area contributed by atoms with Crippen LogP contribution >= 0.6 is 0 Å². The molecule has 2 rings (SSSR count). The molecule has 1 aliphatic heterocycles. The van der Waals surface area contributed by atoms with Crippen LogP contribution in [0.3, 0.4) is 0 Å². The molecule has 1 saturated carbocycles. The second-order valence-corrected chi connectivity index (χ2v) is 7.97. The number of rotatable bonds is 6. The average Bonchev–Trinajstić information content (AvgIpc) is 2.81. The molecule has 6 heteroatoms. The first-order chi connectivity index (χ1) is 12.0. The van der Waals surface area contributed by atoms with Gasteiger partial charge in [0.05, 0.1) is 6.54 Å². The number of hydrogen-bond donors (Lipinski definition) is 2. The Balaban J connectivity index is 1.74. The smallest absolute Gasteiger partial charge is 0.317 e. The van der Waals surface area contributed by atoms with Gasteiger partial charge in [-0.1, -0.05) is 32.1 Å². The van der Waals surface area contributed by atoms with Crippen molar-refractivity contribution in [2.45, 2.75) is 76.8 Å². The Hall–Kier alpha value is -1.30. The third kappa shape index (κ3) is 6.84. The van der Waals surface area contributed by atoms with Crippen LogP contribution in [-0.4, -0.2) is 65.7 Å². The van der Waals surface area contributed by atoms with Gasteiger partial charge in [0, 0.05) is 25.2 Å². The summed E-state index contributed by atoms with van der Waals surface area (Å²) in [6.45, 7) is 3.65. The number of carbonyl (C=O) groups excluding carboxylic acids is 1. The van der Waals surface area contributed by atoms with E-state index in [0.717, 1.165) is 38.1 Å². The lowest BCUT2D eigenvalue weighted by atomic mass is 9.85. The van der Waals surface area contributed by atoms with E-state index in [1.165, 1.54) is 32.1 Å². The maximum atomic E-state index is 12.6. The molecule has 144 valence electrons. The van der Waals surface area contributed by atoms with Gasteiger partial charge in [-0.05, 0) is 45.6 Å². The minimum absolute atomic E-state index is 0.0462. The average molecular weight is 354 g/mol. The predicted octanol–water partition coefficient (Wildman–Crippen LogP) is 2.93. The Morgan fingerprint density at radius 3 is 2.52 bits per heavy atom. The summed E-state index contributed by atoms with van der Waals surface area (Å²) < 4.78 is 0. The Morgan fingerprint density at radius 2 is 1.84 bits per heavy atom. The highest BCUT2D eigenvalue weighted by atomic mass is 16.4. The quantitative estimate of drug-likeness (QED) is 0.770. The van der Waals surface area contributed by atoms with Gasteiger partial charge in [-0.15, -0.1) is 0 Å².